The van der Waals surface area contributed by atoms with Gasteiger partial charge in [-0.3, -0.25) is 9.67 Å². The zero-order valence-electron chi connectivity index (χ0n) is 9.64. The van der Waals surface area contributed by atoms with E-state index in [2.05, 4.69) is 22.3 Å². The molecule has 0 bridgehead atoms. The normalized spacial score (nSPS) is 10.4. The second kappa shape index (κ2) is 4.79. The molecule has 16 heavy (non-hydrogen) atoms. The van der Waals surface area contributed by atoms with Crippen LogP contribution in [0.25, 0.3) is 0 Å². The van der Waals surface area contributed by atoms with Crippen molar-refractivity contribution in [3.63, 3.8) is 0 Å². The third-order valence-corrected chi connectivity index (χ3v) is 2.47. The van der Waals surface area contributed by atoms with Gasteiger partial charge >= 0.3 is 0 Å². The maximum absolute atomic E-state index is 4.38. The number of aromatic nitrogens is 3. The lowest BCUT2D eigenvalue weighted by Gasteiger charge is -2.04. The van der Waals surface area contributed by atoms with Crippen LogP contribution in [-0.2, 0) is 20.0 Å². The molecule has 0 atom stereocenters. The lowest BCUT2D eigenvalue weighted by molar-refractivity contribution is 0.746. The molecule has 0 unspecified atom stereocenters. The average molecular weight is 216 g/mol. The first-order valence-corrected chi connectivity index (χ1v) is 5.45. The summed E-state index contributed by atoms with van der Waals surface area (Å²) in [5, 5.41) is 7.77. The largest absolute Gasteiger partial charge is 0.378 e. The standard InChI is InChI=1S/C12H16N4/c1-3-11-12(9-16(2)15-11)14-8-10-4-6-13-7-5-10/h4-7,9,14H,3,8H2,1-2H3. The summed E-state index contributed by atoms with van der Waals surface area (Å²) in [6.07, 6.45) is 6.57. The Morgan fingerprint density at radius 2 is 2.06 bits per heavy atom. The van der Waals surface area contributed by atoms with Crippen molar-refractivity contribution in [2.75, 3.05) is 5.32 Å². The van der Waals surface area contributed by atoms with E-state index in [1.807, 2.05) is 30.1 Å². The molecule has 2 aromatic rings. The molecule has 0 aliphatic rings. The van der Waals surface area contributed by atoms with Gasteiger partial charge in [-0.1, -0.05) is 6.92 Å². The van der Waals surface area contributed by atoms with Crippen LogP contribution < -0.4 is 5.32 Å². The maximum Gasteiger partial charge on any atom is 0.0853 e. The number of rotatable bonds is 4. The summed E-state index contributed by atoms with van der Waals surface area (Å²) in [4.78, 5) is 3.99. The number of nitrogens with zero attached hydrogens (tertiary/aromatic N) is 3. The molecule has 0 saturated carbocycles. The summed E-state index contributed by atoms with van der Waals surface area (Å²) >= 11 is 0. The average Bonchev–Trinajstić information content (AvgIpc) is 2.68. The highest BCUT2D eigenvalue weighted by Gasteiger charge is 2.04. The van der Waals surface area contributed by atoms with Crippen molar-refractivity contribution in [1.82, 2.24) is 14.8 Å². The van der Waals surface area contributed by atoms with Gasteiger partial charge in [0.2, 0.25) is 0 Å². The van der Waals surface area contributed by atoms with Crippen molar-refractivity contribution in [2.24, 2.45) is 7.05 Å². The molecule has 0 aliphatic carbocycles. The summed E-state index contributed by atoms with van der Waals surface area (Å²) < 4.78 is 1.84. The molecule has 0 radical (unpaired) electrons. The molecule has 2 rings (SSSR count). The van der Waals surface area contributed by atoms with E-state index in [1.165, 1.54) is 5.56 Å². The van der Waals surface area contributed by atoms with E-state index in [1.54, 1.807) is 12.4 Å². The van der Waals surface area contributed by atoms with Crippen LogP contribution in [0, 0.1) is 0 Å². The molecule has 0 amide bonds. The predicted octanol–water partition coefficient (Wildman–Crippen LogP) is 1.99. The number of anilines is 1. The fourth-order valence-corrected chi connectivity index (χ4v) is 1.64. The molecule has 0 saturated heterocycles. The van der Waals surface area contributed by atoms with E-state index in [0.717, 1.165) is 24.3 Å². The molecular weight excluding hydrogens is 200 g/mol. The van der Waals surface area contributed by atoms with Crippen LogP contribution in [-0.4, -0.2) is 14.8 Å². The number of nitrogens with one attached hydrogen (secondary N) is 1. The third-order valence-electron chi connectivity index (χ3n) is 2.47. The van der Waals surface area contributed by atoms with Crippen molar-refractivity contribution in [1.29, 1.82) is 0 Å². The van der Waals surface area contributed by atoms with Gasteiger partial charge < -0.3 is 5.32 Å². The van der Waals surface area contributed by atoms with Crippen molar-refractivity contribution in [3.05, 3.63) is 42.0 Å². The Bertz CT molecular complexity index is 447. The minimum atomic E-state index is 0.807. The molecule has 0 spiro atoms. The molecule has 84 valence electrons. The second-order valence-corrected chi connectivity index (χ2v) is 3.73. The second-order valence-electron chi connectivity index (χ2n) is 3.73. The lowest BCUT2D eigenvalue weighted by atomic mass is 10.2. The van der Waals surface area contributed by atoms with E-state index < -0.39 is 0 Å². The van der Waals surface area contributed by atoms with Crippen molar-refractivity contribution < 1.29 is 0 Å². The summed E-state index contributed by atoms with van der Waals surface area (Å²) in [7, 11) is 1.94. The Labute approximate surface area is 95.3 Å². The predicted molar refractivity (Wildman–Crippen MR) is 64.1 cm³/mol. The molecule has 4 nitrogen and oxygen atoms in total. The highest BCUT2D eigenvalue weighted by atomic mass is 15.3. The Hall–Kier alpha value is -1.84. The Kier molecular flexibility index (Phi) is 3.19. The molecule has 2 aromatic heterocycles. The molecule has 0 aromatic carbocycles. The minimum Gasteiger partial charge on any atom is -0.378 e. The van der Waals surface area contributed by atoms with Gasteiger partial charge in [-0.25, -0.2) is 0 Å². The van der Waals surface area contributed by atoms with Crippen molar-refractivity contribution >= 4 is 5.69 Å². The van der Waals surface area contributed by atoms with Crippen LogP contribution in [0.5, 0.6) is 0 Å². The smallest absolute Gasteiger partial charge is 0.0853 e. The number of pyridine rings is 1. The molecule has 1 N–H and O–H groups in total. The van der Waals surface area contributed by atoms with Gasteiger partial charge in [-0.05, 0) is 24.1 Å². The van der Waals surface area contributed by atoms with Crippen molar-refractivity contribution in [3.8, 4) is 0 Å². The minimum absolute atomic E-state index is 0.807. The monoisotopic (exact) mass is 216 g/mol. The van der Waals surface area contributed by atoms with Crippen LogP contribution in [0.3, 0.4) is 0 Å². The van der Waals surface area contributed by atoms with Crippen molar-refractivity contribution in [2.45, 2.75) is 19.9 Å². The van der Waals surface area contributed by atoms with Gasteiger partial charge in [-0.2, -0.15) is 5.10 Å². The number of aryl methyl sites for hydroxylation is 2. The van der Waals surface area contributed by atoms with E-state index in [4.69, 9.17) is 0 Å². The third kappa shape index (κ3) is 2.39. The van der Waals surface area contributed by atoms with E-state index in [-0.39, 0.29) is 0 Å². The van der Waals surface area contributed by atoms with E-state index in [9.17, 15) is 0 Å². The van der Waals surface area contributed by atoms with Crippen LogP contribution in [0.4, 0.5) is 5.69 Å². The van der Waals surface area contributed by atoms with Gasteiger partial charge in [0, 0.05) is 32.2 Å². The lowest BCUT2D eigenvalue weighted by Crippen LogP contribution is -2.00. The highest BCUT2D eigenvalue weighted by Crippen LogP contribution is 2.14. The quantitative estimate of drug-likeness (QED) is 0.850. The highest BCUT2D eigenvalue weighted by molar-refractivity contribution is 5.46. The summed E-state index contributed by atoms with van der Waals surface area (Å²) in [6, 6.07) is 4.02. The number of hydrogen-bond acceptors (Lipinski definition) is 3. The first-order valence-electron chi connectivity index (χ1n) is 5.45. The Balaban J connectivity index is 2.04. The zero-order valence-corrected chi connectivity index (χ0v) is 9.64. The molecular formula is C12H16N4. The van der Waals surface area contributed by atoms with E-state index >= 15 is 0 Å². The molecule has 4 heteroatoms. The van der Waals surface area contributed by atoms with Gasteiger partial charge in [0.05, 0.1) is 11.4 Å². The maximum atomic E-state index is 4.38. The van der Waals surface area contributed by atoms with Crippen LogP contribution in [0.1, 0.15) is 18.2 Å². The summed E-state index contributed by atoms with van der Waals surface area (Å²) in [5.41, 5.74) is 3.44. The van der Waals surface area contributed by atoms with E-state index in [0.29, 0.717) is 0 Å². The van der Waals surface area contributed by atoms with Gasteiger partial charge in [0.25, 0.3) is 0 Å². The van der Waals surface area contributed by atoms with Crippen LogP contribution >= 0.6 is 0 Å². The molecule has 0 fully saturated rings. The number of hydrogen-bond donors (Lipinski definition) is 1. The first kappa shape index (κ1) is 10.7. The van der Waals surface area contributed by atoms with Crippen LogP contribution in [0.15, 0.2) is 30.7 Å². The zero-order chi connectivity index (χ0) is 11.4. The molecule has 2 heterocycles. The first-order chi connectivity index (χ1) is 7.79. The van der Waals surface area contributed by atoms with Crippen LogP contribution in [0.2, 0.25) is 0 Å². The fraction of sp³-hybridized carbons (Fsp3) is 0.333. The summed E-state index contributed by atoms with van der Waals surface area (Å²) in [6.45, 7) is 2.92. The fourth-order valence-electron chi connectivity index (χ4n) is 1.64. The molecule has 0 aliphatic heterocycles. The Morgan fingerprint density at radius 3 is 2.75 bits per heavy atom. The SMILES string of the molecule is CCc1nn(C)cc1NCc1ccncc1. The van der Waals surface area contributed by atoms with Gasteiger partial charge in [-0.15, -0.1) is 0 Å². The topological polar surface area (TPSA) is 42.7 Å². The summed E-state index contributed by atoms with van der Waals surface area (Å²) in [5.74, 6) is 0. The van der Waals surface area contributed by atoms with Gasteiger partial charge in [0.15, 0.2) is 0 Å². The van der Waals surface area contributed by atoms with Gasteiger partial charge in [0.1, 0.15) is 0 Å². The Morgan fingerprint density at radius 1 is 1.31 bits per heavy atom.